The number of benzene rings is 1. The summed E-state index contributed by atoms with van der Waals surface area (Å²) in [6, 6.07) is 7.44. The number of nitrogens with one attached hydrogen (secondary N) is 1. The average Bonchev–Trinajstić information content (AvgIpc) is 2.95. The normalized spacial score (nSPS) is 11.5. The Labute approximate surface area is 127 Å². The van der Waals surface area contributed by atoms with E-state index >= 15 is 0 Å². The van der Waals surface area contributed by atoms with E-state index in [1.165, 1.54) is 24.3 Å². The predicted molar refractivity (Wildman–Crippen MR) is 78.1 cm³/mol. The maximum atomic E-state index is 11.5. The van der Waals surface area contributed by atoms with Crippen molar-refractivity contribution in [2.45, 2.75) is 11.4 Å². The van der Waals surface area contributed by atoms with E-state index in [2.05, 4.69) is 5.32 Å². The summed E-state index contributed by atoms with van der Waals surface area (Å²) in [7, 11) is -4.41. The lowest BCUT2D eigenvalue weighted by atomic mass is 10.1. The van der Waals surface area contributed by atoms with Crippen LogP contribution in [0.15, 0.2) is 39.6 Å². The van der Waals surface area contributed by atoms with Gasteiger partial charge in [0, 0.05) is 18.7 Å². The third-order valence-electron chi connectivity index (χ3n) is 2.98. The summed E-state index contributed by atoms with van der Waals surface area (Å²) in [6.45, 7) is 0.390. The molecule has 2 aromatic rings. The van der Waals surface area contributed by atoms with Crippen molar-refractivity contribution in [2.75, 3.05) is 13.2 Å². The summed E-state index contributed by atoms with van der Waals surface area (Å²) >= 11 is 0. The fourth-order valence-corrected chi connectivity index (χ4v) is 2.71. The Morgan fingerprint density at radius 1 is 1.23 bits per heavy atom. The van der Waals surface area contributed by atoms with Gasteiger partial charge in [0.2, 0.25) is 0 Å². The minimum Gasteiger partial charge on any atom is -0.453 e. The van der Waals surface area contributed by atoms with Gasteiger partial charge in [-0.3, -0.25) is 9.35 Å². The molecule has 118 valence electrons. The molecule has 22 heavy (non-hydrogen) atoms. The van der Waals surface area contributed by atoms with Gasteiger partial charge in [0.15, 0.2) is 12.0 Å². The number of aldehydes is 1. The molecule has 0 unspecified atom stereocenters. The minimum absolute atomic E-state index is 0.0832. The number of aliphatic hydroxyl groups excluding tert-OH is 1. The first-order chi connectivity index (χ1) is 10.5. The van der Waals surface area contributed by atoms with Crippen molar-refractivity contribution in [3.63, 3.8) is 0 Å². The molecule has 0 spiro atoms. The van der Waals surface area contributed by atoms with Gasteiger partial charge < -0.3 is 14.8 Å². The zero-order valence-electron chi connectivity index (χ0n) is 11.5. The van der Waals surface area contributed by atoms with Crippen LogP contribution >= 0.6 is 0 Å². The smallest absolute Gasteiger partial charge is 0.294 e. The lowest BCUT2D eigenvalue weighted by molar-refractivity contribution is 0.110. The molecule has 0 atom stereocenters. The van der Waals surface area contributed by atoms with Crippen LogP contribution in [0.1, 0.15) is 16.1 Å². The quantitative estimate of drug-likeness (QED) is 0.396. The Morgan fingerprint density at radius 2 is 2.00 bits per heavy atom. The van der Waals surface area contributed by atoms with Crippen LogP contribution in [-0.4, -0.2) is 37.5 Å². The van der Waals surface area contributed by atoms with Crippen LogP contribution in [0.25, 0.3) is 11.3 Å². The molecule has 0 saturated carbocycles. The third-order valence-corrected chi connectivity index (χ3v) is 3.91. The average molecular weight is 325 g/mol. The molecular weight excluding hydrogens is 310 g/mol. The van der Waals surface area contributed by atoms with Crippen LogP contribution in [0.4, 0.5) is 0 Å². The van der Waals surface area contributed by atoms with E-state index in [0.29, 0.717) is 29.7 Å². The van der Waals surface area contributed by atoms with Gasteiger partial charge >= 0.3 is 0 Å². The van der Waals surface area contributed by atoms with E-state index < -0.39 is 10.1 Å². The van der Waals surface area contributed by atoms with E-state index in [1.54, 1.807) is 6.07 Å². The topological polar surface area (TPSA) is 117 Å². The van der Waals surface area contributed by atoms with Crippen LogP contribution in [0.5, 0.6) is 0 Å². The number of aliphatic hydroxyl groups is 1. The molecule has 1 aromatic heterocycles. The highest BCUT2D eigenvalue weighted by Crippen LogP contribution is 2.26. The predicted octanol–water partition coefficient (Wildman–Crippen LogP) is 1.09. The van der Waals surface area contributed by atoms with Crippen molar-refractivity contribution in [3.05, 3.63) is 41.7 Å². The third kappa shape index (κ3) is 3.80. The SMILES string of the molecule is O=Cc1ccc(-c2ccc(CNCCO)c(S(=O)(=O)O)c2)o1. The number of rotatable bonds is 7. The van der Waals surface area contributed by atoms with Crippen molar-refractivity contribution >= 4 is 16.4 Å². The molecule has 0 fully saturated rings. The van der Waals surface area contributed by atoms with E-state index in [4.69, 9.17) is 9.52 Å². The molecule has 0 aliphatic carbocycles. The van der Waals surface area contributed by atoms with E-state index in [9.17, 15) is 17.8 Å². The minimum atomic E-state index is -4.41. The van der Waals surface area contributed by atoms with Gasteiger partial charge in [-0.1, -0.05) is 12.1 Å². The van der Waals surface area contributed by atoms with Gasteiger partial charge in [-0.15, -0.1) is 0 Å². The first-order valence-corrected chi connectivity index (χ1v) is 7.87. The van der Waals surface area contributed by atoms with E-state index in [0.717, 1.165) is 0 Å². The summed E-state index contributed by atoms with van der Waals surface area (Å²) in [6.07, 6.45) is 0.542. The summed E-state index contributed by atoms with van der Waals surface area (Å²) < 4.78 is 37.6. The number of hydrogen-bond acceptors (Lipinski definition) is 6. The Bertz CT molecular complexity index is 765. The second-order valence-corrected chi connectivity index (χ2v) is 5.91. The molecule has 8 heteroatoms. The van der Waals surface area contributed by atoms with Gasteiger partial charge in [0.05, 0.1) is 11.5 Å². The van der Waals surface area contributed by atoms with Gasteiger partial charge in [0.25, 0.3) is 10.1 Å². The second kappa shape index (κ2) is 6.84. The molecule has 0 saturated heterocycles. The van der Waals surface area contributed by atoms with Gasteiger partial charge in [-0.25, -0.2) is 0 Å². The number of carbonyl (C=O) groups excluding carboxylic acids is 1. The molecular formula is C14H15NO6S. The number of carbonyl (C=O) groups is 1. The highest BCUT2D eigenvalue weighted by molar-refractivity contribution is 7.85. The Balaban J connectivity index is 2.40. The first-order valence-electron chi connectivity index (χ1n) is 6.43. The standard InChI is InChI=1S/C14H15NO6S/c16-6-5-15-8-11-2-1-10(7-14(11)22(18,19)20)13-4-3-12(9-17)21-13/h1-4,7,9,15-16H,5-6,8H2,(H,18,19,20). The van der Waals surface area contributed by atoms with Crippen LogP contribution < -0.4 is 5.32 Å². The van der Waals surface area contributed by atoms with Gasteiger partial charge in [-0.05, 0) is 23.8 Å². The zero-order chi connectivity index (χ0) is 16.2. The molecule has 7 nitrogen and oxygen atoms in total. The lowest BCUT2D eigenvalue weighted by Crippen LogP contribution is -2.19. The zero-order valence-corrected chi connectivity index (χ0v) is 12.3. The first kappa shape index (κ1) is 16.4. The van der Waals surface area contributed by atoms with Crippen molar-refractivity contribution in [3.8, 4) is 11.3 Å². The van der Waals surface area contributed by atoms with E-state index in [1.807, 2.05) is 0 Å². The molecule has 0 bridgehead atoms. The second-order valence-electron chi connectivity index (χ2n) is 4.52. The van der Waals surface area contributed by atoms with Crippen molar-refractivity contribution < 1.29 is 27.3 Å². The molecule has 1 aromatic carbocycles. The fraction of sp³-hybridized carbons (Fsp3) is 0.214. The van der Waals surface area contributed by atoms with Crippen LogP contribution in [-0.2, 0) is 16.7 Å². The molecule has 0 aliphatic heterocycles. The van der Waals surface area contributed by atoms with Crippen molar-refractivity contribution in [1.82, 2.24) is 5.32 Å². The largest absolute Gasteiger partial charge is 0.453 e. The van der Waals surface area contributed by atoms with Gasteiger partial charge in [-0.2, -0.15) is 8.42 Å². The monoisotopic (exact) mass is 325 g/mol. The van der Waals surface area contributed by atoms with Crippen LogP contribution in [0, 0.1) is 0 Å². The highest BCUT2D eigenvalue weighted by Gasteiger charge is 2.17. The lowest BCUT2D eigenvalue weighted by Gasteiger charge is -2.09. The van der Waals surface area contributed by atoms with Crippen molar-refractivity contribution in [1.29, 1.82) is 0 Å². The summed E-state index contributed by atoms with van der Waals surface area (Å²) in [4.78, 5) is 10.4. The van der Waals surface area contributed by atoms with Crippen molar-refractivity contribution in [2.24, 2.45) is 0 Å². The Kier molecular flexibility index (Phi) is 5.09. The maximum absolute atomic E-state index is 11.5. The molecule has 1 heterocycles. The Hall–Kier alpha value is -2.00. The van der Waals surface area contributed by atoms with E-state index in [-0.39, 0.29) is 23.8 Å². The molecule has 0 aliphatic rings. The summed E-state index contributed by atoms with van der Waals surface area (Å²) in [5.41, 5.74) is 0.786. The summed E-state index contributed by atoms with van der Waals surface area (Å²) in [5, 5.41) is 11.6. The fourth-order valence-electron chi connectivity index (χ4n) is 1.97. The number of furan rings is 1. The Morgan fingerprint density at radius 3 is 2.59 bits per heavy atom. The molecule has 0 amide bonds. The van der Waals surface area contributed by atoms with Crippen LogP contribution in [0.2, 0.25) is 0 Å². The molecule has 3 N–H and O–H groups in total. The van der Waals surface area contributed by atoms with Crippen LogP contribution in [0.3, 0.4) is 0 Å². The molecule has 2 rings (SSSR count). The molecule has 0 radical (unpaired) electrons. The number of hydrogen-bond donors (Lipinski definition) is 3. The maximum Gasteiger partial charge on any atom is 0.294 e. The van der Waals surface area contributed by atoms with Gasteiger partial charge in [0.1, 0.15) is 5.76 Å². The summed E-state index contributed by atoms with van der Waals surface area (Å²) in [5.74, 6) is 0.443. The highest BCUT2D eigenvalue weighted by atomic mass is 32.2.